The number of unbranched alkanes of at least 4 members (excludes halogenated alkanes) is 2. The number of para-hydroxylation sites is 1. The topological polar surface area (TPSA) is 160 Å². The number of aromatic nitrogens is 4. The van der Waals surface area contributed by atoms with Crippen molar-refractivity contribution >= 4 is 51.9 Å². The molecule has 10 nitrogen and oxygen atoms in total. The number of hydrogen-bond acceptors (Lipinski definition) is 8. The number of nitrogens with zero attached hydrogens (tertiary/aromatic N) is 4. The number of fused-ring (bicyclic) bond motifs is 3. The standard InChI is InChI=1S/C24H30N8O2.ClH/c1-2-3-11-20-30-21-22(15-8-4-5-9-17(15)29-23(21)25)32(20)34-14-7-6-10-18-16(24(26)33)12-13-19(28-18)31-27;/h4-5,8-9,12-13H,2-3,6-7,10-11,14,27H2,1H3,(H2,25,29)(H2,26,33)(H,28,31);1H. The number of nitrogens with one attached hydrogen (secondary N) is 1. The molecule has 0 unspecified atom stereocenters. The number of anilines is 2. The first-order valence-electron chi connectivity index (χ1n) is 11.5. The smallest absolute Gasteiger partial charge is 0.250 e. The van der Waals surface area contributed by atoms with Gasteiger partial charge < -0.3 is 21.7 Å². The molecule has 0 saturated heterocycles. The zero-order chi connectivity index (χ0) is 24.1. The molecule has 7 N–H and O–H groups in total. The van der Waals surface area contributed by atoms with Crippen molar-refractivity contribution in [2.75, 3.05) is 17.8 Å². The molecule has 3 heterocycles. The van der Waals surface area contributed by atoms with Crippen molar-refractivity contribution in [3.63, 3.8) is 0 Å². The summed E-state index contributed by atoms with van der Waals surface area (Å²) < 4.78 is 1.82. The Balaban J connectivity index is 0.00000342. The van der Waals surface area contributed by atoms with E-state index in [0.29, 0.717) is 41.4 Å². The van der Waals surface area contributed by atoms with E-state index >= 15 is 0 Å². The largest absolute Gasteiger partial charge is 0.412 e. The highest BCUT2D eigenvalue weighted by molar-refractivity contribution is 6.06. The van der Waals surface area contributed by atoms with Crippen molar-refractivity contribution in [2.24, 2.45) is 11.6 Å². The van der Waals surface area contributed by atoms with E-state index in [1.165, 1.54) is 0 Å². The Morgan fingerprint density at radius 2 is 1.86 bits per heavy atom. The Bertz CT molecular complexity index is 1320. The quantitative estimate of drug-likeness (QED) is 0.139. The predicted molar refractivity (Wildman–Crippen MR) is 140 cm³/mol. The number of nitrogens with two attached hydrogens (primary N) is 3. The molecule has 1 aromatic carbocycles. The van der Waals surface area contributed by atoms with Crippen molar-refractivity contribution in [2.45, 2.75) is 45.4 Å². The number of hydrazine groups is 1. The minimum atomic E-state index is -0.508. The molecule has 11 heteroatoms. The van der Waals surface area contributed by atoms with Crippen LogP contribution in [0, 0.1) is 0 Å². The molecule has 1 amide bonds. The maximum absolute atomic E-state index is 11.7. The molecule has 0 saturated carbocycles. The second-order valence-corrected chi connectivity index (χ2v) is 8.13. The highest BCUT2D eigenvalue weighted by Gasteiger charge is 2.18. The van der Waals surface area contributed by atoms with Crippen molar-refractivity contribution in [3.05, 3.63) is 53.5 Å². The summed E-state index contributed by atoms with van der Waals surface area (Å²) in [7, 11) is 0. The van der Waals surface area contributed by atoms with Gasteiger partial charge in [-0.05, 0) is 43.9 Å². The fourth-order valence-electron chi connectivity index (χ4n) is 4.00. The molecular weight excluding hydrogens is 468 g/mol. The Labute approximate surface area is 209 Å². The van der Waals surface area contributed by atoms with E-state index in [1.807, 2.05) is 29.0 Å². The molecule has 4 aromatic rings. The fourth-order valence-corrected chi connectivity index (χ4v) is 4.00. The monoisotopic (exact) mass is 498 g/mol. The van der Waals surface area contributed by atoms with E-state index in [0.717, 1.165) is 54.3 Å². The summed E-state index contributed by atoms with van der Waals surface area (Å²) in [5, 5.41) is 0.948. The molecule has 186 valence electrons. The number of primary amides is 1. The maximum atomic E-state index is 11.7. The third-order valence-electron chi connectivity index (χ3n) is 5.72. The van der Waals surface area contributed by atoms with Crippen LogP contribution >= 0.6 is 12.4 Å². The summed E-state index contributed by atoms with van der Waals surface area (Å²) in [6, 6.07) is 11.1. The molecule has 0 bridgehead atoms. The molecule has 0 aliphatic heterocycles. The Morgan fingerprint density at radius 3 is 2.60 bits per heavy atom. The number of halogens is 1. The van der Waals surface area contributed by atoms with Gasteiger partial charge in [0, 0.05) is 11.8 Å². The van der Waals surface area contributed by atoms with Crippen LogP contribution in [0.4, 0.5) is 11.6 Å². The van der Waals surface area contributed by atoms with Crippen molar-refractivity contribution in [1.82, 2.24) is 19.7 Å². The Hall–Kier alpha value is -3.63. The SMILES string of the molecule is CCCCc1nc2c(N)nc3ccccc3c2n1OCCCCc1nc(NN)ccc1C(N)=O.Cl. The zero-order valence-electron chi connectivity index (χ0n) is 19.7. The lowest BCUT2D eigenvalue weighted by atomic mass is 10.1. The molecule has 0 atom stereocenters. The number of hydrogen-bond donors (Lipinski definition) is 4. The summed E-state index contributed by atoms with van der Waals surface area (Å²) in [5.41, 5.74) is 17.5. The summed E-state index contributed by atoms with van der Waals surface area (Å²) in [6.07, 6.45) is 4.89. The number of rotatable bonds is 11. The van der Waals surface area contributed by atoms with Gasteiger partial charge in [0.2, 0.25) is 0 Å². The van der Waals surface area contributed by atoms with Gasteiger partial charge in [-0.25, -0.2) is 20.8 Å². The minimum absolute atomic E-state index is 0. The van der Waals surface area contributed by atoms with Gasteiger partial charge in [-0.2, -0.15) is 4.73 Å². The van der Waals surface area contributed by atoms with Gasteiger partial charge in [0.05, 0.1) is 16.8 Å². The maximum Gasteiger partial charge on any atom is 0.250 e. The average molecular weight is 499 g/mol. The van der Waals surface area contributed by atoms with Gasteiger partial charge >= 0.3 is 0 Å². The first-order valence-corrected chi connectivity index (χ1v) is 11.5. The van der Waals surface area contributed by atoms with Crippen LogP contribution in [-0.2, 0) is 12.8 Å². The third-order valence-corrected chi connectivity index (χ3v) is 5.72. The summed E-state index contributed by atoms with van der Waals surface area (Å²) in [6.45, 7) is 2.60. The van der Waals surface area contributed by atoms with Crippen LogP contribution in [-0.4, -0.2) is 32.2 Å². The minimum Gasteiger partial charge on any atom is -0.412 e. The lowest BCUT2D eigenvalue weighted by Gasteiger charge is -2.13. The van der Waals surface area contributed by atoms with Crippen LogP contribution < -0.4 is 27.6 Å². The number of carbonyl (C=O) groups excluding carboxylic acids is 1. The summed E-state index contributed by atoms with van der Waals surface area (Å²) >= 11 is 0. The van der Waals surface area contributed by atoms with Gasteiger partial charge in [-0.15, -0.1) is 12.4 Å². The number of aryl methyl sites for hydroxylation is 2. The fraction of sp³-hybridized carbons (Fsp3) is 0.333. The molecule has 0 aliphatic rings. The van der Waals surface area contributed by atoms with Gasteiger partial charge in [-0.3, -0.25) is 4.79 Å². The number of imidazole rings is 1. The molecule has 4 rings (SSSR count). The first-order chi connectivity index (χ1) is 16.5. The predicted octanol–water partition coefficient (Wildman–Crippen LogP) is 3.16. The van der Waals surface area contributed by atoms with Crippen LogP contribution in [0.2, 0.25) is 0 Å². The van der Waals surface area contributed by atoms with Crippen molar-refractivity contribution < 1.29 is 9.63 Å². The highest BCUT2D eigenvalue weighted by atomic mass is 35.5. The van der Waals surface area contributed by atoms with Crippen LogP contribution in [0.15, 0.2) is 36.4 Å². The molecular formula is C24H31ClN8O2. The normalized spacial score (nSPS) is 10.9. The van der Waals surface area contributed by atoms with E-state index in [4.69, 9.17) is 27.1 Å². The number of carbonyl (C=O) groups is 1. The second-order valence-electron chi connectivity index (χ2n) is 8.13. The molecule has 35 heavy (non-hydrogen) atoms. The molecule has 0 spiro atoms. The van der Waals surface area contributed by atoms with Crippen LogP contribution in [0.3, 0.4) is 0 Å². The van der Waals surface area contributed by atoms with Crippen LogP contribution in [0.1, 0.15) is 54.5 Å². The van der Waals surface area contributed by atoms with Gasteiger partial charge in [0.15, 0.2) is 5.82 Å². The van der Waals surface area contributed by atoms with Crippen molar-refractivity contribution in [3.8, 4) is 0 Å². The number of nitrogen functional groups attached to an aromatic ring is 2. The zero-order valence-corrected chi connectivity index (χ0v) is 20.5. The van der Waals surface area contributed by atoms with Gasteiger partial charge in [-0.1, -0.05) is 31.5 Å². The molecule has 0 radical (unpaired) electrons. The van der Waals surface area contributed by atoms with E-state index in [2.05, 4.69) is 22.3 Å². The lowest BCUT2D eigenvalue weighted by Crippen LogP contribution is -2.18. The lowest BCUT2D eigenvalue weighted by molar-refractivity contribution is 0.0998. The van der Waals surface area contributed by atoms with Crippen LogP contribution in [0.25, 0.3) is 21.9 Å². The van der Waals surface area contributed by atoms with E-state index in [1.54, 1.807) is 12.1 Å². The number of benzene rings is 1. The highest BCUT2D eigenvalue weighted by Crippen LogP contribution is 2.28. The van der Waals surface area contributed by atoms with E-state index < -0.39 is 5.91 Å². The molecule has 3 aromatic heterocycles. The summed E-state index contributed by atoms with van der Waals surface area (Å²) in [4.78, 5) is 31.6. The summed E-state index contributed by atoms with van der Waals surface area (Å²) in [5.74, 6) is 6.66. The van der Waals surface area contributed by atoms with Gasteiger partial charge in [0.1, 0.15) is 29.3 Å². The number of amides is 1. The van der Waals surface area contributed by atoms with E-state index in [9.17, 15) is 4.79 Å². The molecule has 0 aliphatic carbocycles. The molecule has 0 fully saturated rings. The Morgan fingerprint density at radius 1 is 1.06 bits per heavy atom. The Kier molecular flexibility index (Phi) is 8.67. The van der Waals surface area contributed by atoms with E-state index in [-0.39, 0.29) is 12.4 Å². The van der Waals surface area contributed by atoms with Crippen LogP contribution in [0.5, 0.6) is 0 Å². The van der Waals surface area contributed by atoms with Gasteiger partial charge in [0.25, 0.3) is 5.91 Å². The van der Waals surface area contributed by atoms with Crippen molar-refractivity contribution in [1.29, 1.82) is 0 Å². The third kappa shape index (κ3) is 5.55. The number of pyridine rings is 2. The first kappa shape index (κ1) is 26.0. The second kappa shape index (κ2) is 11.7. The average Bonchev–Trinajstić information content (AvgIpc) is 3.21.